The largest absolute Gasteiger partial charge is 0.478 e. The van der Waals surface area contributed by atoms with E-state index in [0.29, 0.717) is 18.5 Å². The van der Waals surface area contributed by atoms with Gasteiger partial charge in [0.15, 0.2) is 0 Å². The number of aryl methyl sites for hydroxylation is 1. The Labute approximate surface area is 203 Å². The summed E-state index contributed by atoms with van der Waals surface area (Å²) in [5.41, 5.74) is 5.61. The molecular formula is C28H26N2O5. The molecule has 0 heterocycles. The first kappa shape index (κ1) is 22.7. The van der Waals surface area contributed by atoms with Crippen LogP contribution in [0.25, 0.3) is 11.1 Å². The molecule has 2 aliphatic carbocycles. The van der Waals surface area contributed by atoms with Crippen LogP contribution in [-0.4, -0.2) is 36.2 Å². The van der Waals surface area contributed by atoms with E-state index >= 15 is 0 Å². The van der Waals surface area contributed by atoms with Crippen molar-refractivity contribution < 1.29 is 24.2 Å². The average molecular weight is 471 g/mol. The van der Waals surface area contributed by atoms with Crippen LogP contribution in [-0.2, 0) is 9.53 Å². The zero-order valence-corrected chi connectivity index (χ0v) is 19.3. The van der Waals surface area contributed by atoms with Crippen LogP contribution in [0.4, 0.5) is 10.5 Å². The zero-order valence-electron chi connectivity index (χ0n) is 19.3. The minimum absolute atomic E-state index is 0.00595. The number of nitrogens with one attached hydrogen (secondary N) is 2. The van der Waals surface area contributed by atoms with Gasteiger partial charge in [-0.3, -0.25) is 4.79 Å². The molecule has 5 rings (SSSR count). The number of fused-ring (bicyclic) bond motifs is 3. The fraction of sp³-hybridized carbons (Fsp3) is 0.250. The smallest absolute Gasteiger partial charge is 0.407 e. The topological polar surface area (TPSA) is 105 Å². The molecule has 7 nitrogen and oxygen atoms in total. The summed E-state index contributed by atoms with van der Waals surface area (Å²) in [4.78, 5) is 36.5. The van der Waals surface area contributed by atoms with Gasteiger partial charge in [0.1, 0.15) is 6.61 Å². The number of hydrogen-bond acceptors (Lipinski definition) is 4. The number of anilines is 1. The Morgan fingerprint density at radius 2 is 1.60 bits per heavy atom. The van der Waals surface area contributed by atoms with Gasteiger partial charge in [-0.05, 0) is 53.1 Å². The summed E-state index contributed by atoms with van der Waals surface area (Å²) >= 11 is 0. The number of alkyl carbamates (subject to hydrolysis) is 1. The maximum absolute atomic E-state index is 12.6. The van der Waals surface area contributed by atoms with Gasteiger partial charge in [0.05, 0.1) is 11.3 Å². The predicted octanol–water partition coefficient (Wildman–Crippen LogP) is 4.81. The van der Waals surface area contributed by atoms with Crippen LogP contribution >= 0.6 is 0 Å². The van der Waals surface area contributed by atoms with Gasteiger partial charge in [-0.15, -0.1) is 0 Å². The highest BCUT2D eigenvalue weighted by molar-refractivity contribution is 6.02. The average Bonchev–Trinajstić information content (AvgIpc) is 3.56. The van der Waals surface area contributed by atoms with Crippen LogP contribution in [0.15, 0.2) is 66.7 Å². The molecule has 35 heavy (non-hydrogen) atoms. The molecule has 0 spiro atoms. The summed E-state index contributed by atoms with van der Waals surface area (Å²) in [7, 11) is 0. The number of hydrogen-bond donors (Lipinski definition) is 3. The van der Waals surface area contributed by atoms with Gasteiger partial charge in [-0.1, -0.05) is 60.7 Å². The van der Waals surface area contributed by atoms with E-state index in [2.05, 4.69) is 34.9 Å². The van der Waals surface area contributed by atoms with E-state index in [0.717, 1.165) is 11.1 Å². The summed E-state index contributed by atoms with van der Waals surface area (Å²) in [6, 6.07) is 21.3. The van der Waals surface area contributed by atoms with Crippen LogP contribution in [0.5, 0.6) is 0 Å². The first-order valence-corrected chi connectivity index (χ1v) is 11.7. The van der Waals surface area contributed by atoms with Crippen LogP contribution in [0.1, 0.15) is 39.4 Å². The van der Waals surface area contributed by atoms with Crippen LogP contribution in [0.3, 0.4) is 0 Å². The van der Waals surface area contributed by atoms with E-state index in [4.69, 9.17) is 4.74 Å². The predicted molar refractivity (Wildman–Crippen MR) is 131 cm³/mol. The SMILES string of the molecule is Cc1cccc(NC(=O)[C@H]2C[C@H]2CNC(=O)OCC2c3ccccc3-c3ccccc32)c1C(=O)O. The van der Waals surface area contributed by atoms with Gasteiger partial charge in [0.2, 0.25) is 5.91 Å². The third-order valence-electron chi connectivity index (χ3n) is 6.86. The Balaban J connectivity index is 1.12. The second-order valence-corrected chi connectivity index (χ2v) is 9.10. The normalized spacial score (nSPS) is 17.7. The van der Waals surface area contributed by atoms with Crippen molar-refractivity contribution in [3.8, 4) is 11.1 Å². The van der Waals surface area contributed by atoms with Crippen LogP contribution < -0.4 is 10.6 Å². The zero-order chi connectivity index (χ0) is 24.5. The molecule has 0 bridgehead atoms. The van der Waals surface area contributed by atoms with E-state index in [9.17, 15) is 19.5 Å². The van der Waals surface area contributed by atoms with E-state index < -0.39 is 12.1 Å². The van der Waals surface area contributed by atoms with Gasteiger partial charge in [-0.25, -0.2) is 9.59 Å². The molecule has 2 atom stereocenters. The van der Waals surface area contributed by atoms with Crippen molar-refractivity contribution in [2.75, 3.05) is 18.5 Å². The molecule has 2 amide bonds. The highest BCUT2D eigenvalue weighted by Crippen LogP contribution is 2.44. The van der Waals surface area contributed by atoms with E-state index in [1.54, 1.807) is 25.1 Å². The molecule has 3 aromatic carbocycles. The minimum atomic E-state index is -1.08. The van der Waals surface area contributed by atoms with E-state index in [1.165, 1.54) is 11.1 Å². The number of amides is 2. The van der Waals surface area contributed by atoms with Gasteiger partial charge in [0.25, 0.3) is 0 Å². The third-order valence-corrected chi connectivity index (χ3v) is 6.86. The monoisotopic (exact) mass is 470 g/mol. The minimum Gasteiger partial charge on any atom is -0.478 e. The third kappa shape index (κ3) is 4.49. The quantitative estimate of drug-likeness (QED) is 0.460. The number of carbonyl (C=O) groups excluding carboxylic acids is 2. The van der Waals surface area contributed by atoms with Crippen molar-refractivity contribution in [3.05, 3.63) is 89.0 Å². The number of rotatable bonds is 7. The lowest BCUT2D eigenvalue weighted by atomic mass is 9.98. The molecule has 0 saturated heterocycles. The lowest BCUT2D eigenvalue weighted by Crippen LogP contribution is -2.29. The summed E-state index contributed by atoms with van der Waals surface area (Å²) in [6.07, 6.45) is 0.119. The first-order chi connectivity index (χ1) is 16.9. The Bertz CT molecular complexity index is 1270. The van der Waals surface area contributed by atoms with Crippen LogP contribution in [0.2, 0.25) is 0 Å². The number of carbonyl (C=O) groups is 3. The van der Waals surface area contributed by atoms with Gasteiger partial charge < -0.3 is 20.5 Å². The van der Waals surface area contributed by atoms with Crippen molar-refractivity contribution in [3.63, 3.8) is 0 Å². The van der Waals surface area contributed by atoms with Crippen molar-refractivity contribution in [2.45, 2.75) is 19.3 Å². The Morgan fingerprint density at radius 3 is 2.26 bits per heavy atom. The molecular weight excluding hydrogens is 444 g/mol. The van der Waals surface area contributed by atoms with E-state index in [-0.39, 0.29) is 41.5 Å². The maximum Gasteiger partial charge on any atom is 0.407 e. The summed E-state index contributed by atoms with van der Waals surface area (Å²) in [5.74, 6) is -1.61. The summed E-state index contributed by atoms with van der Waals surface area (Å²) in [5, 5.41) is 14.9. The van der Waals surface area contributed by atoms with Gasteiger partial charge in [-0.2, -0.15) is 0 Å². The molecule has 3 N–H and O–H groups in total. The molecule has 0 aliphatic heterocycles. The Morgan fingerprint density at radius 1 is 0.943 bits per heavy atom. The van der Waals surface area contributed by atoms with E-state index in [1.807, 2.05) is 24.3 Å². The Kier molecular flexibility index (Phi) is 5.99. The van der Waals surface area contributed by atoms with Crippen molar-refractivity contribution in [2.24, 2.45) is 11.8 Å². The number of aromatic carboxylic acids is 1. The van der Waals surface area contributed by atoms with Crippen molar-refractivity contribution in [1.82, 2.24) is 5.32 Å². The number of carboxylic acids is 1. The molecule has 1 saturated carbocycles. The molecule has 1 fully saturated rings. The molecule has 7 heteroatoms. The highest BCUT2D eigenvalue weighted by atomic mass is 16.5. The molecule has 2 aliphatic rings. The van der Waals surface area contributed by atoms with Crippen molar-refractivity contribution in [1.29, 1.82) is 0 Å². The first-order valence-electron chi connectivity index (χ1n) is 11.7. The number of carboxylic acid groups (broad SMARTS) is 1. The molecule has 0 unspecified atom stereocenters. The van der Waals surface area contributed by atoms with Gasteiger partial charge >= 0.3 is 12.1 Å². The second kappa shape index (κ2) is 9.25. The lowest BCUT2D eigenvalue weighted by Gasteiger charge is -2.14. The lowest BCUT2D eigenvalue weighted by molar-refractivity contribution is -0.117. The fourth-order valence-corrected chi connectivity index (χ4v) is 4.94. The molecule has 0 aromatic heterocycles. The number of benzene rings is 3. The number of ether oxygens (including phenoxy) is 1. The van der Waals surface area contributed by atoms with Crippen molar-refractivity contribution >= 4 is 23.7 Å². The molecule has 178 valence electrons. The highest BCUT2D eigenvalue weighted by Gasteiger charge is 2.43. The van der Waals surface area contributed by atoms with Gasteiger partial charge in [0, 0.05) is 18.4 Å². The summed E-state index contributed by atoms with van der Waals surface area (Å²) in [6.45, 7) is 2.26. The fourth-order valence-electron chi connectivity index (χ4n) is 4.94. The molecule has 0 radical (unpaired) electrons. The second-order valence-electron chi connectivity index (χ2n) is 9.10. The maximum atomic E-state index is 12.6. The molecule has 3 aromatic rings. The summed E-state index contributed by atoms with van der Waals surface area (Å²) < 4.78 is 5.55. The standard InChI is InChI=1S/C28H26N2O5/c1-16-7-6-12-24(25(16)27(32)33)30-26(31)22-13-17(22)14-29-28(34)35-15-23-20-10-4-2-8-18(20)19-9-3-5-11-21(19)23/h2-12,17,22-23H,13-15H2,1H3,(H,29,34)(H,30,31)(H,32,33)/t17-,22-/m0/s1. The Hall–Kier alpha value is -4.13. The van der Waals surface area contributed by atoms with Crippen LogP contribution in [0, 0.1) is 18.8 Å².